The van der Waals surface area contributed by atoms with Gasteiger partial charge < -0.3 is 5.32 Å². The van der Waals surface area contributed by atoms with E-state index in [1.54, 1.807) is 30.3 Å². The van der Waals surface area contributed by atoms with E-state index >= 15 is 0 Å². The quantitative estimate of drug-likeness (QED) is 0.575. The lowest BCUT2D eigenvalue weighted by Crippen LogP contribution is -2.12. The number of nitrogens with one attached hydrogen (secondary N) is 1. The number of anilines is 1. The van der Waals surface area contributed by atoms with Gasteiger partial charge in [0.1, 0.15) is 0 Å². The van der Waals surface area contributed by atoms with Crippen LogP contribution in [0.15, 0.2) is 47.4 Å². The van der Waals surface area contributed by atoms with E-state index in [-0.39, 0.29) is 5.91 Å². The van der Waals surface area contributed by atoms with Crippen LogP contribution < -0.4 is 5.32 Å². The fourth-order valence-electron chi connectivity index (χ4n) is 1.40. The van der Waals surface area contributed by atoms with E-state index in [0.29, 0.717) is 16.3 Å². The molecule has 2 nitrogen and oxygen atoms in total. The molecule has 0 fully saturated rings. The van der Waals surface area contributed by atoms with Crippen molar-refractivity contribution in [2.45, 2.75) is 4.90 Å². The van der Waals surface area contributed by atoms with Crippen molar-refractivity contribution in [1.82, 2.24) is 0 Å². The Bertz CT molecular complexity index is 586. The lowest BCUT2D eigenvalue weighted by atomic mass is 10.2. The molecule has 0 spiro atoms. The molecule has 2 aromatic rings. The fraction of sp³-hybridized carbons (Fsp3) is 0. The summed E-state index contributed by atoms with van der Waals surface area (Å²) in [5.74, 6) is -0.188. The average molecular weight is 390 g/mol. The number of carbonyl (C=O) groups is 1. The first kappa shape index (κ1) is 13.7. The second kappa shape index (κ2) is 5.95. The Morgan fingerprint density at radius 3 is 2.50 bits per heavy atom. The van der Waals surface area contributed by atoms with Crippen molar-refractivity contribution in [3.8, 4) is 0 Å². The summed E-state index contributed by atoms with van der Waals surface area (Å²) in [5, 5.41) is 3.31. The smallest absolute Gasteiger partial charge is 0.255 e. The van der Waals surface area contributed by atoms with Crippen LogP contribution in [0.2, 0.25) is 5.02 Å². The molecule has 5 heteroatoms. The van der Waals surface area contributed by atoms with E-state index in [9.17, 15) is 4.79 Å². The van der Waals surface area contributed by atoms with E-state index in [1.807, 2.05) is 12.1 Å². The van der Waals surface area contributed by atoms with Gasteiger partial charge >= 0.3 is 0 Å². The van der Waals surface area contributed by atoms with Gasteiger partial charge in [-0.25, -0.2) is 0 Å². The third-order valence-corrected chi connectivity index (χ3v) is 3.60. The minimum absolute atomic E-state index is 0.188. The number of rotatable bonds is 2. The minimum atomic E-state index is -0.188. The van der Waals surface area contributed by atoms with Crippen molar-refractivity contribution in [2.75, 3.05) is 5.32 Å². The van der Waals surface area contributed by atoms with Crippen molar-refractivity contribution in [3.05, 3.63) is 56.6 Å². The van der Waals surface area contributed by atoms with Crippen LogP contribution >= 0.6 is 46.8 Å². The number of halogens is 2. The van der Waals surface area contributed by atoms with Crippen molar-refractivity contribution >= 4 is 58.4 Å². The van der Waals surface area contributed by atoms with Crippen molar-refractivity contribution in [1.29, 1.82) is 0 Å². The first-order valence-electron chi connectivity index (χ1n) is 5.12. The van der Waals surface area contributed by atoms with Crippen LogP contribution in [0, 0.1) is 3.57 Å². The Morgan fingerprint density at radius 2 is 1.83 bits per heavy atom. The molecule has 0 aliphatic rings. The predicted octanol–water partition coefficient (Wildman–Crippen LogP) is 4.49. The largest absolute Gasteiger partial charge is 0.321 e. The molecule has 0 bridgehead atoms. The number of benzene rings is 2. The molecule has 1 N–H and O–H groups in total. The molecular formula is C13H9ClINOS. The second-order valence-corrected chi connectivity index (χ2v) is 5.79. The van der Waals surface area contributed by atoms with Gasteiger partial charge in [0.2, 0.25) is 0 Å². The molecule has 0 atom stereocenters. The Balaban J connectivity index is 2.21. The maximum absolute atomic E-state index is 12.0. The highest BCUT2D eigenvalue weighted by Crippen LogP contribution is 2.24. The van der Waals surface area contributed by atoms with Gasteiger partial charge in [0.15, 0.2) is 0 Å². The summed E-state index contributed by atoms with van der Waals surface area (Å²) in [4.78, 5) is 12.8. The lowest BCUT2D eigenvalue weighted by Gasteiger charge is -2.07. The summed E-state index contributed by atoms with van der Waals surface area (Å²) in [6.45, 7) is 0. The Labute approximate surface area is 129 Å². The highest BCUT2D eigenvalue weighted by atomic mass is 127. The van der Waals surface area contributed by atoms with E-state index < -0.39 is 0 Å². The highest BCUT2D eigenvalue weighted by Gasteiger charge is 2.08. The van der Waals surface area contributed by atoms with Gasteiger partial charge in [-0.15, -0.1) is 12.6 Å². The third-order valence-electron chi connectivity index (χ3n) is 2.31. The van der Waals surface area contributed by atoms with Crippen LogP contribution in [0.5, 0.6) is 0 Å². The van der Waals surface area contributed by atoms with Crippen LogP contribution in [0.1, 0.15) is 10.4 Å². The van der Waals surface area contributed by atoms with Crippen molar-refractivity contribution in [3.63, 3.8) is 0 Å². The molecule has 0 unspecified atom stereocenters. The normalized spacial score (nSPS) is 10.2. The first-order valence-corrected chi connectivity index (χ1v) is 7.02. The molecule has 0 heterocycles. The molecule has 2 rings (SSSR count). The molecule has 0 saturated heterocycles. The number of amides is 1. The van der Waals surface area contributed by atoms with E-state index in [0.717, 1.165) is 8.47 Å². The van der Waals surface area contributed by atoms with Crippen LogP contribution in [-0.2, 0) is 0 Å². The van der Waals surface area contributed by atoms with Gasteiger partial charge in [-0.05, 0) is 65.1 Å². The van der Waals surface area contributed by atoms with Gasteiger partial charge in [-0.3, -0.25) is 4.79 Å². The Kier molecular flexibility index (Phi) is 4.53. The van der Waals surface area contributed by atoms with E-state index in [1.165, 1.54) is 0 Å². The summed E-state index contributed by atoms with van der Waals surface area (Å²) in [6.07, 6.45) is 0. The Morgan fingerprint density at radius 1 is 1.17 bits per heavy atom. The molecular weight excluding hydrogens is 381 g/mol. The van der Waals surface area contributed by atoms with Crippen LogP contribution in [0.4, 0.5) is 5.69 Å². The van der Waals surface area contributed by atoms with E-state index in [4.69, 9.17) is 11.6 Å². The molecule has 0 aromatic heterocycles. The molecule has 0 saturated carbocycles. The van der Waals surface area contributed by atoms with Gasteiger partial charge in [0.05, 0.1) is 10.7 Å². The van der Waals surface area contributed by atoms with Crippen LogP contribution in [-0.4, -0.2) is 5.91 Å². The predicted molar refractivity (Wildman–Crippen MR) is 85.8 cm³/mol. The molecule has 92 valence electrons. The fourth-order valence-corrected chi connectivity index (χ4v) is 2.21. The first-order chi connectivity index (χ1) is 8.56. The summed E-state index contributed by atoms with van der Waals surface area (Å²) >= 11 is 12.4. The summed E-state index contributed by atoms with van der Waals surface area (Å²) in [6, 6.07) is 12.5. The minimum Gasteiger partial charge on any atom is -0.321 e. The SMILES string of the molecule is O=C(Nc1cc(I)ccc1Cl)c1ccc(S)cc1. The standard InChI is InChI=1S/C13H9ClINOS/c14-11-6-3-9(15)7-12(11)16-13(17)8-1-4-10(18)5-2-8/h1-7,18H,(H,16,17). The molecule has 0 aliphatic carbocycles. The highest BCUT2D eigenvalue weighted by molar-refractivity contribution is 14.1. The monoisotopic (exact) mass is 389 g/mol. The third kappa shape index (κ3) is 3.40. The van der Waals surface area contributed by atoms with Crippen molar-refractivity contribution < 1.29 is 4.79 Å². The Hall–Kier alpha value is -0.720. The van der Waals surface area contributed by atoms with Crippen molar-refractivity contribution in [2.24, 2.45) is 0 Å². The van der Waals surface area contributed by atoms with Gasteiger partial charge in [-0.2, -0.15) is 0 Å². The summed E-state index contributed by atoms with van der Waals surface area (Å²) in [7, 11) is 0. The number of hydrogen-bond donors (Lipinski definition) is 2. The topological polar surface area (TPSA) is 29.1 Å². The maximum Gasteiger partial charge on any atom is 0.255 e. The molecule has 0 radical (unpaired) electrons. The van der Waals surface area contributed by atoms with Crippen LogP contribution in [0.25, 0.3) is 0 Å². The summed E-state index contributed by atoms with van der Waals surface area (Å²) < 4.78 is 1.01. The van der Waals surface area contributed by atoms with Gasteiger partial charge in [-0.1, -0.05) is 11.6 Å². The maximum atomic E-state index is 12.0. The number of thiol groups is 1. The zero-order valence-electron chi connectivity index (χ0n) is 9.15. The zero-order valence-corrected chi connectivity index (χ0v) is 13.0. The average Bonchev–Trinajstić information content (AvgIpc) is 2.34. The van der Waals surface area contributed by atoms with Gasteiger partial charge in [0, 0.05) is 14.0 Å². The molecule has 2 aromatic carbocycles. The number of hydrogen-bond acceptors (Lipinski definition) is 2. The lowest BCUT2D eigenvalue weighted by molar-refractivity contribution is 0.102. The molecule has 0 aliphatic heterocycles. The zero-order chi connectivity index (χ0) is 13.1. The molecule has 1 amide bonds. The summed E-state index contributed by atoms with van der Waals surface area (Å²) in [5.41, 5.74) is 1.19. The number of carbonyl (C=O) groups excluding carboxylic acids is 1. The molecule has 18 heavy (non-hydrogen) atoms. The van der Waals surface area contributed by atoms with E-state index in [2.05, 4.69) is 40.5 Å². The van der Waals surface area contributed by atoms with Crippen LogP contribution in [0.3, 0.4) is 0 Å². The van der Waals surface area contributed by atoms with Gasteiger partial charge in [0.25, 0.3) is 5.91 Å². The second-order valence-electron chi connectivity index (χ2n) is 3.63.